The SMILES string of the molecule is NC1CNCC(C(F)F)C1. The van der Waals surface area contributed by atoms with Gasteiger partial charge in [-0.05, 0) is 6.42 Å². The van der Waals surface area contributed by atoms with E-state index >= 15 is 0 Å². The number of rotatable bonds is 1. The van der Waals surface area contributed by atoms with Crippen LogP contribution in [0.5, 0.6) is 0 Å². The fourth-order valence-electron chi connectivity index (χ4n) is 1.20. The fraction of sp³-hybridized carbons (Fsp3) is 1.00. The summed E-state index contributed by atoms with van der Waals surface area (Å²) in [6.07, 6.45) is -1.77. The van der Waals surface area contributed by atoms with Gasteiger partial charge < -0.3 is 11.1 Å². The first-order valence-corrected chi connectivity index (χ1v) is 3.44. The molecule has 0 amide bonds. The molecule has 3 N–H and O–H groups in total. The highest BCUT2D eigenvalue weighted by Gasteiger charge is 2.25. The molecule has 0 spiro atoms. The summed E-state index contributed by atoms with van der Waals surface area (Å²) in [6.45, 7) is 1.08. The molecule has 1 saturated heterocycles. The number of nitrogens with two attached hydrogens (primary N) is 1. The zero-order valence-corrected chi connectivity index (χ0v) is 5.69. The van der Waals surface area contributed by atoms with E-state index in [9.17, 15) is 8.78 Å². The number of piperidine rings is 1. The molecule has 2 unspecified atom stereocenters. The summed E-state index contributed by atoms with van der Waals surface area (Å²) in [5, 5.41) is 2.86. The van der Waals surface area contributed by atoms with Gasteiger partial charge in [-0.2, -0.15) is 0 Å². The molecule has 0 bridgehead atoms. The summed E-state index contributed by atoms with van der Waals surface area (Å²) in [5.41, 5.74) is 5.47. The fourth-order valence-corrected chi connectivity index (χ4v) is 1.20. The average molecular weight is 150 g/mol. The van der Waals surface area contributed by atoms with Crippen LogP contribution >= 0.6 is 0 Å². The van der Waals surface area contributed by atoms with Crippen LogP contribution in [0.1, 0.15) is 6.42 Å². The lowest BCUT2D eigenvalue weighted by Crippen LogP contribution is -2.46. The summed E-state index contributed by atoms with van der Waals surface area (Å²) >= 11 is 0. The summed E-state index contributed by atoms with van der Waals surface area (Å²) in [6, 6.07) is -0.0900. The van der Waals surface area contributed by atoms with Crippen LogP contribution in [0.15, 0.2) is 0 Å². The van der Waals surface area contributed by atoms with Gasteiger partial charge in [0.05, 0.1) is 0 Å². The van der Waals surface area contributed by atoms with E-state index < -0.39 is 12.3 Å². The molecular formula is C6H12F2N2. The van der Waals surface area contributed by atoms with E-state index in [4.69, 9.17) is 5.73 Å². The Hall–Kier alpha value is -0.220. The van der Waals surface area contributed by atoms with Gasteiger partial charge in [-0.25, -0.2) is 8.78 Å². The minimum absolute atomic E-state index is 0.0900. The molecule has 0 aromatic heterocycles. The molecule has 1 aliphatic rings. The topological polar surface area (TPSA) is 38.0 Å². The van der Waals surface area contributed by atoms with E-state index in [1.54, 1.807) is 0 Å². The molecule has 0 saturated carbocycles. The number of alkyl halides is 2. The van der Waals surface area contributed by atoms with E-state index in [1.165, 1.54) is 0 Å². The number of hydrogen-bond acceptors (Lipinski definition) is 2. The highest BCUT2D eigenvalue weighted by Crippen LogP contribution is 2.16. The van der Waals surface area contributed by atoms with Gasteiger partial charge >= 0.3 is 0 Å². The van der Waals surface area contributed by atoms with Crippen LogP contribution in [0.3, 0.4) is 0 Å². The Labute approximate surface area is 58.8 Å². The van der Waals surface area contributed by atoms with E-state index in [-0.39, 0.29) is 6.04 Å². The Kier molecular flexibility index (Phi) is 2.56. The van der Waals surface area contributed by atoms with Crippen LogP contribution in [0.25, 0.3) is 0 Å². The molecule has 4 heteroatoms. The van der Waals surface area contributed by atoms with Crippen molar-refractivity contribution in [1.82, 2.24) is 5.32 Å². The molecule has 2 atom stereocenters. The van der Waals surface area contributed by atoms with Crippen LogP contribution in [0.4, 0.5) is 8.78 Å². The third-order valence-electron chi connectivity index (χ3n) is 1.77. The Morgan fingerprint density at radius 1 is 1.40 bits per heavy atom. The first-order chi connectivity index (χ1) is 4.70. The summed E-state index contributed by atoms with van der Waals surface area (Å²) in [5.74, 6) is -0.538. The first kappa shape index (κ1) is 7.88. The lowest BCUT2D eigenvalue weighted by molar-refractivity contribution is 0.0590. The van der Waals surface area contributed by atoms with Crippen molar-refractivity contribution in [3.8, 4) is 0 Å². The predicted octanol–water partition coefficient (Wildman–Crippen LogP) is 0.188. The van der Waals surface area contributed by atoms with Crippen LogP contribution in [-0.2, 0) is 0 Å². The van der Waals surface area contributed by atoms with Crippen molar-refractivity contribution >= 4 is 0 Å². The second-order valence-corrected chi connectivity index (χ2v) is 2.75. The standard InChI is InChI=1S/C6H12F2N2/c7-6(8)4-1-5(9)3-10-2-4/h4-6,10H,1-3,9H2. The maximum absolute atomic E-state index is 12.0. The second kappa shape index (κ2) is 3.25. The van der Waals surface area contributed by atoms with Gasteiger partial charge in [0.1, 0.15) is 0 Å². The van der Waals surface area contributed by atoms with Crippen molar-refractivity contribution in [2.24, 2.45) is 11.7 Å². The molecule has 0 aromatic rings. The van der Waals surface area contributed by atoms with Gasteiger partial charge in [0.15, 0.2) is 0 Å². The normalized spacial score (nSPS) is 34.8. The van der Waals surface area contributed by atoms with Gasteiger partial charge in [0.25, 0.3) is 0 Å². The van der Waals surface area contributed by atoms with Crippen LogP contribution in [0.2, 0.25) is 0 Å². The Bertz CT molecular complexity index is 108. The molecule has 1 aliphatic heterocycles. The molecule has 1 rings (SSSR count). The molecule has 10 heavy (non-hydrogen) atoms. The van der Waals surface area contributed by atoms with E-state index in [0.717, 1.165) is 0 Å². The van der Waals surface area contributed by atoms with Gasteiger partial charge in [-0.1, -0.05) is 0 Å². The Morgan fingerprint density at radius 3 is 2.50 bits per heavy atom. The molecule has 60 valence electrons. The zero-order valence-electron chi connectivity index (χ0n) is 5.69. The van der Waals surface area contributed by atoms with Gasteiger partial charge in [-0.15, -0.1) is 0 Å². The first-order valence-electron chi connectivity index (χ1n) is 3.44. The van der Waals surface area contributed by atoms with Crippen molar-refractivity contribution in [1.29, 1.82) is 0 Å². The molecule has 0 aromatic carbocycles. The van der Waals surface area contributed by atoms with E-state index in [0.29, 0.717) is 19.5 Å². The van der Waals surface area contributed by atoms with Crippen molar-refractivity contribution in [2.45, 2.75) is 18.9 Å². The predicted molar refractivity (Wildman–Crippen MR) is 35.0 cm³/mol. The van der Waals surface area contributed by atoms with Crippen molar-refractivity contribution in [3.63, 3.8) is 0 Å². The summed E-state index contributed by atoms with van der Waals surface area (Å²) < 4.78 is 24.0. The second-order valence-electron chi connectivity index (χ2n) is 2.75. The number of nitrogens with one attached hydrogen (secondary N) is 1. The third kappa shape index (κ3) is 1.88. The Morgan fingerprint density at radius 2 is 2.10 bits per heavy atom. The number of hydrogen-bond donors (Lipinski definition) is 2. The summed E-state index contributed by atoms with van der Waals surface area (Å²) in [7, 11) is 0. The molecule has 1 heterocycles. The average Bonchev–Trinajstić information content (AvgIpc) is 1.88. The maximum Gasteiger partial charge on any atom is 0.242 e. The van der Waals surface area contributed by atoms with E-state index in [1.807, 2.05) is 0 Å². The van der Waals surface area contributed by atoms with Crippen molar-refractivity contribution in [2.75, 3.05) is 13.1 Å². The molecule has 2 nitrogen and oxygen atoms in total. The lowest BCUT2D eigenvalue weighted by atomic mass is 9.97. The number of halogens is 2. The van der Waals surface area contributed by atoms with Gasteiger partial charge in [0, 0.05) is 25.0 Å². The van der Waals surface area contributed by atoms with Gasteiger partial charge in [-0.3, -0.25) is 0 Å². The molecule has 0 radical (unpaired) electrons. The van der Waals surface area contributed by atoms with Crippen molar-refractivity contribution < 1.29 is 8.78 Å². The van der Waals surface area contributed by atoms with Gasteiger partial charge in [0.2, 0.25) is 6.43 Å². The third-order valence-corrected chi connectivity index (χ3v) is 1.77. The highest BCUT2D eigenvalue weighted by molar-refractivity contribution is 4.79. The quantitative estimate of drug-likeness (QED) is 0.560. The molecular weight excluding hydrogens is 138 g/mol. The van der Waals surface area contributed by atoms with Crippen molar-refractivity contribution in [3.05, 3.63) is 0 Å². The maximum atomic E-state index is 12.0. The monoisotopic (exact) mass is 150 g/mol. The molecule has 0 aliphatic carbocycles. The minimum atomic E-state index is -2.22. The lowest BCUT2D eigenvalue weighted by Gasteiger charge is -2.26. The highest BCUT2D eigenvalue weighted by atomic mass is 19.3. The Balaban J connectivity index is 2.32. The van der Waals surface area contributed by atoms with E-state index in [2.05, 4.69) is 5.32 Å². The zero-order chi connectivity index (χ0) is 7.56. The van der Waals surface area contributed by atoms with Crippen LogP contribution < -0.4 is 11.1 Å². The van der Waals surface area contributed by atoms with Crippen LogP contribution in [0, 0.1) is 5.92 Å². The minimum Gasteiger partial charge on any atom is -0.327 e. The molecule has 1 fully saturated rings. The summed E-state index contributed by atoms with van der Waals surface area (Å²) in [4.78, 5) is 0. The van der Waals surface area contributed by atoms with Crippen LogP contribution in [-0.4, -0.2) is 25.6 Å². The largest absolute Gasteiger partial charge is 0.327 e. The smallest absolute Gasteiger partial charge is 0.242 e.